The molecular formula is C35H39F5O6S. The van der Waals surface area contributed by atoms with E-state index in [4.69, 9.17) is 4.74 Å². The Balaban J connectivity index is 1.50. The summed E-state index contributed by atoms with van der Waals surface area (Å²) < 4.78 is 78.7. The number of carbonyl (C=O) groups excluding carboxylic acids is 4. The highest BCUT2D eigenvalue weighted by Gasteiger charge is 2.78. The molecule has 47 heavy (non-hydrogen) atoms. The van der Waals surface area contributed by atoms with Gasteiger partial charge in [-0.15, -0.1) is 0 Å². The lowest BCUT2D eigenvalue weighted by Gasteiger charge is -2.63. The van der Waals surface area contributed by atoms with Crippen LogP contribution in [0, 0.1) is 28.6 Å². The van der Waals surface area contributed by atoms with Crippen molar-refractivity contribution >= 4 is 34.4 Å². The maximum Gasteiger partial charge on any atom is 0.416 e. The van der Waals surface area contributed by atoms with Crippen LogP contribution >= 0.6 is 11.8 Å². The first-order chi connectivity index (χ1) is 21.9. The van der Waals surface area contributed by atoms with Crippen molar-refractivity contribution in [2.45, 2.75) is 95.9 Å². The molecule has 12 heteroatoms. The summed E-state index contributed by atoms with van der Waals surface area (Å²) in [6.45, 7) is 6.67. The van der Waals surface area contributed by atoms with E-state index in [1.165, 1.54) is 19.1 Å². The van der Waals surface area contributed by atoms with Gasteiger partial charge in [0.15, 0.2) is 22.8 Å². The molecular weight excluding hydrogens is 643 g/mol. The number of unbranched alkanes of at least 4 members (excludes halogenated alkanes) is 1. The van der Waals surface area contributed by atoms with Gasteiger partial charge in [-0.3, -0.25) is 19.2 Å². The first-order valence-electron chi connectivity index (χ1n) is 15.9. The maximum absolute atomic E-state index is 17.7. The molecule has 6 nitrogen and oxygen atoms in total. The van der Waals surface area contributed by atoms with Crippen LogP contribution in [0.4, 0.5) is 22.0 Å². The van der Waals surface area contributed by atoms with Crippen molar-refractivity contribution in [1.29, 1.82) is 0 Å². The molecule has 9 atom stereocenters. The van der Waals surface area contributed by atoms with Crippen LogP contribution in [0.15, 0.2) is 48.1 Å². The number of ether oxygens (including phenoxy) is 1. The molecule has 0 unspecified atom stereocenters. The molecule has 1 N–H and O–H groups in total. The van der Waals surface area contributed by atoms with Crippen LogP contribution < -0.4 is 0 Å². The van der Waals surface area contributed by atoms with E-state index in [2.05, 4.69) is 0 Å². The Morgan fingerprint density at radius 3 is 2.36 bits per heavy atom. The standard InChI is InChI=1S/C35H39F5O6S/c1-5-6-7-29(44)46-34(30(45)47-18-27(42)20-8-10-21(11-9-20)35(38,39)40)19(2)14-23-24-16-26(36)25-15-22(41)12-13-31(25,3)33(24,37)28(43)17-32(23,34)4/h8-13,15,19,23-24,26,28,43H,5-7,14,16-18H2,1-4H3/t19-,23+,24+,26+,28+,31+,32+,33+,34+/m1/s1. The van der Waals surface area contributed by atoms with Gasteiger partial charge in [-0.05, 0) is 68.4 Å². The second-order valence-corrected chi connectivity index (χ2v) is 14.8. The number of Topliss-reactive ketones (excluding diaryl/α,β-unsaturated/α-hetero) is 1. The quantitative estimate of drug-likeness (QED) is 0.176. The van der Waals surface area contributed by atoms with Crippen molar-refractivity contribution in [2.75, 3.05) is 5.75 Å². The molecule has 0 radical (unpaired) electrons. The first-order valence-corrected chi connectivity index (χ1v) is 16.9. The predicted octanol–water partition coefficient (Wildman–Crippen LogP) is 7.18. The van der Waals surface area contributed by atoms with Crippen molar-refractivity contribution in [2.24, 2.45) is 28.6 Å². The third kappa shape index (κ3) is 5.41. The van der Waals surface area contributed by atoms with Crippen LogP contribution in [-0.4, -0.2) is 57.1 Å². The normalized spacial score (nSPS) is 37.8. The van der Waals surface area contributed by atoms with Crippen molar-refractivity contribution < 1.29 is 51.0 Å². The molecule has 0 aliphatic heterocycles. The molecule has 0 spiro atoms. The smallest absolute Gasteiger partial charge is 0.416 e. The largest absolute Gasteiger partial charge is 0.449 e. The molecule has 0 amide bonds. The highest BCUT2D eigenvalue weighted by molar-refractivity contribution is 8.14. The second kappa shape index (κ2) is 12.2. The number of thioether (sulfide) groups is 1. The zero-order chi connectivity index (χ0) is 34.7. The Morgan fingerprint density at radius 2 is 1.74 bits per heavy atom. The van der Waals surface area contributed by atoms with E-state index in [1.54, 1.807) is 13.8 Å². The second-order valence-electron chi connectivity index (χ2n) is 13.9. The average molecular weight is 683 g/mol. The molecule has 4 aliphatic rings. The Hall–Kier alpha value is -2.86. The summed E-state index contributed by atoms with van der Waals surface area (Å²) in [5.74, 6) is -4.81. The number of rotatable bonds is 8. The molecule has 3 fully saturated rings. The van der Waals surface area contributed by atoms with Crippen LogP contribution in [0.5, 0.6) is 0 Å². The lowest BCUT2D eigenvalue weighted by molar-refractivity contribution is -0.228. The van der Waals surface area contributed by atoms with E-state index >= 15 is 8.78 Å². The number of halogens is 5. The number of alkyl halides is 5. The highest BCUT2D eigenvalue weighted by Crippen LogP contribution is 2.72. The highest BCUT2D eigenvalue weighted by atomic mass is 32.2. The molecule has 1 aromatic rings. The number of hydrogen-bond donors (Lipinski definition) is 1. The van der Waals surface area contributed by atoms with Gasteiger partial charge in [0.25, 0.3) is 0 Å². The van der Waals surface area contributed by atoms with E-state index in [0.29, 0.717) is 24.6 Å². The number of allylic oxidation sites excluding steroid dienone is 4. The number of ketones is 2. The van der Waals surface area contributed by atoms with Gasteiger partial charge in [-0.1, -0.05) is 57.2 Å². The minimum atomic E-state index is -4.59. The van der Waals surface area contributed by atoms with Crippen LogP contribution in [-0.2, 0) is 25.3 Å². The monoisotopic (exact) mass is 682 g/mol. The van der Waals surface area contributed by atoms with Crippen LogP contribution in [0.3, 0.4) is 0 Å². The Morgan fingerprint density at radius 1 is 1.09 bits per heavy atom. The molecule has 0 aromatic heterocycles. The van der Waals surface area contributed by atoms with Crippen LogP contribution in [0.25, 0.3) is 0 Å². The van der Waals surface area contributed by atoms with Gasteiger partial charge >= 0.3 is 12.1 Å². The summed E-state index contributed by atoms with van der Waals surface area (Å²) in [5.41, 5.74) is -8.35. The summed E-state index contributed by atoms with van der Waals surface area (Å²) in [4.78, 5) is 52.8. The Kier molecular flexibility index (Phi) is 9.22. The molecule has 5 rings (SSSR count). The number of esters is 1. The number of fused-ring (bicyclic) bond motifs is 5. The maximum atomic E-state index is 17.7. The SMILES string of the molecule is CCCCC(=O)O[C@]1(C(=O)SCC(=O)c2ccc(C(F)(F)F)cc2)[C@H](C)C[C@H]2[C@@H]3C[C@H](F)C4=CC(=O)C=C[C@]4(C)[C@@]3(F)[C@@H](O)C[C@@]21C. The van der Waals surface area contributed by atoms with Crippen molar-refractivity contribution in [3.63, 3.8) is 0 Å². The third-order valence-electron chi connectivity index (χ3n) is 11.3. The van der Waals surface area contributed by atoms with Gasteiger partial charge < -0.3 is 9.84 Å². The summed E-state index contributed by atoms with van der Waals surface area (Å²) in [6.07, 6.45) is -3.83. The molecule has 0 bridgehead atoms. The molecule has 4 aliphatic carbocycles. The van der Waals surface area contributed by atoms with E-state index < -0.39 is 92.3 Å². The fourth-order valence-corrected chi connectivity index (χ4v) is 10.1. The molecule has 256 valence electrons. The third-order valence-corrected chi connectivity index (χ3v) is 12.3. The summed E-state index contributed by atoms with van der Waals surface area (Å²) in [7, 11) is 0. The number of benzene rings is 1. The topological polar surface area (TPSA) is 97.7 Å². The molecule has 3 saturated carbocycles. The minimum Gasteiger partial charge on any atom is -0.449 e. The zero-order valence-electron chi connectivity index (χ0n) is 26.7. The van der Waals surface area contributed by atoms with E-state index in [-0.39, 0.29) is 36.8 Å². The summed E-state index contributed by atoms with van der Waals surface area (Å²) in [6, 6.07) is 3.60. The Labute approximate surface area is 274 Å². The molecule has 0 heterocycles. The Bertz CT molecular complexity index is 1520. The zero-order valence-corrected chi connectivity index (χ0v) is 27.5. The van der Waals surface area contributed by atoms with E-state index in [0.717, 1.165) is 30.3 Å². The fourth-order valence-electron chi connectivity index (χ4n) is 8.94. The summed E-state index contributed by atoms with van der Waals surface area (Å²) in [5, 5.41) is 11.0. The number of hydrogen-bond acceptors (Lipinski definition) is 7. The van der Waals surface area contributed by atoms with Crippen LogP contribution in [0.2, 0.25) is 0 Å². The predicted molar refractivity (Wildman–Crippen MR) is 165 cm³/mol. The van der Waals surface area contributed by atoms with E-state index in [9.17, 15) is 37.5 Å². The fraction of sp³-hybridized carbons (Fsp3) is 0.600. The molecule has 1 aromatic carbocycles. The van der Waals surface area contributed by atoms with Gasteiger partial charge in [0.1, 0.15) is 6.17 Å². The molecule has 0 saturated heterocycles. The van der Waals surface area contributed by atoms with Crippen molar-refractivity contribution in [3.05, 3.63) is 59.2 Å². The van der Waals surface area contributed by atoms with Crippen molar-refractivity contribution in [3.8, 4) is 0 Å². The number of carbonyl (C=O) groups is 4. The number of aliphatic hydroxyl groups is 1. The first kappa shape index (κ1) is 35.4. The van der Waals surface area contributed by atoms with Gasteiger partial charge in [0.2, 0.25) is 5.12 Å². The number of aliphatic hydroxyl groups excluding tert-OH is 1. The summed E-state index contributed by atoms with van der Waals surface area (Å²) >= 11 is 0.562. The van der Waals surface area contributed by atoms with Gasteiger partial charge in [0.05, 0.1) is 17.4 Å². The van der Waals surface area contributed by atoms with Gasteiger partial charge in [-0.2, -0.15) is 13.2 Å². The van der Waals surface area contributed by atoms with E-state index in [1.807, 2.05) is 6.92 Å². The minimum absolute atomic E-state index is 0.00914. The lowest BCUT2D eigenvalue weighted by atomic mass is 9.44. The van der Waals surface area contributed by atoms with Gasteiger partial charge in [0, 0.05) is 34.7 Å². The van der Waals surface area contributed by atoms with Crippen LogP contribution in [0.1, 0.15) is 82.1 Å². The lowest BCUT2D eigenvalue weighted by Crippen LogP contribution is -2.70. The van der Waals surface area contributed by atoms with Crippen molar-refractivity contribution in [1.82, 2.24) is 0 Å². The van der Waals surface area contributed by atoms with Gasteiger partial charge in [-0.25, -0.2) is 8.78 Å². The average Bonchev–Trinajstić information content (AvgIpc) is 3.22.